The van der Waals surface area contributed by atoms with Crippen LogP contribution in [0.1, 0.15) is 12.5 Å². The number of aromatic nitrogens is 1. The molecular weight excluding hydrogens is 302 g/mol. The number of hydrogen-bond donors (Lipinski definition) is 1. The lowest BCUT2D eigenvalue weighted by Gasteiger charge is -2.11. The molecule has 0 bridgehead atoms. The zero-order chi connectivity index (χ0) is 14.7. The number of benzene rings is 1. The van der Waals surface area contributed by atoms with Crippen LogP contribution < -0.4 is 10.1 Å². The van der Waals surface area contributed by atoms with Crippen molar-refractivity contribution in [3.05, 3.63) is 45.7 Å². The van der Waals surface area contributed by atoms with Crippen molar-refractivity contribution in [3.63, 3.8) is 0 Å². The molecule has 20 heavy (non-hydrogen) atoms. The van der Waals surface area contributed by atoms with E-state index in [9.17, 15) is 4.39 Å². The quantitative estimate of drug-likeness (QED) is 0.856. The topological polar surface area (TPSA) is 34.2 Å². The van der Waals surface area contributed by atoms with Gasteiger partial charge >= 0.3 is 0 Å². The van der Waals surface area contributed by atoms with Gasteiger partial charge in [0.25, 0.3) is 0 Å². The van der Waals surface area contributed by atoms with E-state index in [4.69, 9.17) is 27.9 Å². The third-order valence-corrected chi connectivity index (χ3v) is 3.09. The van der Waals surface area contributed by atoms with Crippen LogP contribution in [0.15, 0.2) is 24.3 Å². The van der Waals surface area contributed by atoms with Crippen molar-refractivity contribution in [1.29, 1.82) is 0 Å². The summed E-state index contributed by atoms with van der Waals surface area (Å²) in [5.74, 6) is 0.149. The van der Waals surface area contributed by atoms with Crippen molar-refractivity contribution >= 4 is 29.0 Å². The maximum atomic E-state index is 13.7. The molecule has 0 radical (unpaired) electrons. The van der Waals surface area contributed by atoms with Crippen molar-refractivity contribution in [2.45, 2.75) is 13.8 Å². The van der Waals surface area contributed by atoms with Gasteiger partial charge in [0, 0.05) is 6.54 Å². The molecule has 1 N–H and O–H groups in total. The van der Waals surface area contributed by atoms with Gasteiger partial charge in [-0.3, -0.25) is 0 Å². The summed E-state index contributed by atoms with van der Waals surface area (Å²) in [7, 11) is 0. The first-order valence-electron chi connectivity index (χ1n) is 6.05. The number of nitrogens with one attached hydrogen (secondary N) is 1. The van der Waals surface area contributed by atoms with Gasteiger partial charge in [-0.25, -0.2) is 4.39 Å². The highest BCUT2D eigenvalue weighted by Crippen LogP contribution is 2.34. The zero-order valence-corrected chi connectivity index (χ0v) is 12.5. The van der Waals surface area contributed by atoms with Gasteiger partial charge in [0.1, 0.15) is 10.8 Å². The number of ether oxygens (including phenoxy) is 1. The largest absolute Gasteiger partial charge is 0.434 e. The Labute approximate surface area is 126 Å². The monoisotopic (exact) mass is 314 g/mol. The van der Waals surface area contributed by atoms with Crippen molar-refractivity contribution in [3.8, 4) is 11.6 Å². The standard InChI is InChI=1S/C14H13Cl2FN2O/c1-3-18-13-9(15)7-10(16)14(19-13)20-12-6-8(2)4-5-11(12)17/h4-7H,3H2,1-2H3,(H,18,19). The molecule has 0 amide bonds. The van der Waals surface area contributed by atoms with Crippen molar-refractivity contribution in [1.82, 2.24) is 4.98 Å². The number of hydrogen-bond acceptors (Lipinski definition) is 3. The van der Waals surface area contributed by atoms with E-state index in [1.165, 1.54) is 12.1 Å². The highest BCUT2D eigenvalue weighted by Gasteiger charge is 2.13. The summed E-state index contributed by atoms with van der Waals surface area (Å²) in [5.41, 5.74) is 0.874. The summed E-state index contributed by atoms with van der Waals surface area (Å²) in [6.45, 7) is 4.40. The Bertz CT molecular complexity index is 635. The minimum absolute atomic E-state index is 0.0733. The van der Waals surface area contributed by atoms with Crippen LogP contribution in [-0.4, -0.2) is 11.5 Å². The molecule has 0 saturated carbocycles. The minimum Gasteiger partial charge on any atom is -0.434 e. The highest BCUT2D eigenvalue weighted by atomic mass is 35.5. The van der Waals surface area contributed by atoms with E-state index in [1.807, 2.05) is 13.8 Å². The van der Waals surface area contributed by atoms with Gasteiger partial charge in [-0.15, -0.1) is 0 Å². The lowest BCUT2D eigenvalue weighted by Crippen LogP contribution is -2.02. The Hall–Kier alpha value is -1.52. The van der Waals surface area contributed by atoms with E-state index >= 15 is 0 Å². The first-order valence-corrected chi connectivity index (χ1v) is 6.80. The van der Waals surface area contributed by atoms with Gasteiger partial charge in [-0.2, -0.15) is 4.98 Å². The Morgan fingerprint density at radius 3 is 2.70 bits per heavy atom. The molecule has 6 heteroatoms. The van der Waals surface area contributed by atoms with Gasteiger partial charge in [0.2, 0.25) is 5.88 Å². The van der Waals surface area contributed by atoms with Crippen LogP contribution in [0.25, 0.3) is 0 Å². The van der Waals surface area contributed by atoms with E-state index in [-0.39, 0.29) is 16.7 Å². The average Bonchev–Trinajstić information content (AvgIpc) is 2.39. The summed E-state index contributed by atoms with van der Waals surface area (Å²) >= 11 is 12.0. The molecule has 0 spiro atoms. The van der Waals surface area contributed by atoms with Crippen LogP contribution in [0.5, 0.6) is 11.6 Å². The summed E-state index contributed by atoms with van der Waals surface area (Å²) in [6.07, 6.45) is 0. The molecule has 1 aromatic carbocycles. The minimum atomic E-state index is -0.478. The highest BCUT2D eigenvalue weighted by molar-refractivity contribution is 6.36. The number of nitrogens with zero attached hydrogens (tertiary/aromatic N) is 1. The molecule has 0 aliphatic heterocycles. The van der Waals surface area contributed by atoms with E-state index < -0.39 is 5.82 Å². The van der Waals surface area contributed by atoms with Gasteiger partial charge in [0.15, 0.2) is 11.6 Å². The van der Waals surface area contributed by atoms with E-state index in [2.05, 4.69) is 10.3 Å². The predicted octanol–water partition coefficient (Wildman–Crippen LogP) is 5.06. The SMILES string of the molecule is CCNc1nc(Oc2cc(C)ccc2F)c(Cl)cc1Cl. The average molecular weight is 315 g/mol. The first-order chi connectivity index (χ1) is 9.51. The summed E-state index contributed by atoms with van der Waals surface area (Å²) in [5, 5.41) is 3.58. The Morgan fingerprint density at radius 1 is 1.25 bits per heavy atom. The molecule has 0 saturated heterocycles. The van der Waals surface area contributed by atoms with Crippen LogP contribution in [0.2, 0.25) is 10.0 Å². The molecule has 0 fully saturated rings. The summed E-state index contributed by atoms with van der Waals surface area (Å²) < 4.78 is 19.1. The smallest absolute Gasteiger partial charge is 0.240 e. The summed E-state index contributed by atoms with van der Waals surface area (Å²) in [4.78, 5) is 4.16. The van der Waals surface area contributed by atoms with Crippen molar-refractivity contribution in [2.75, 3.05) is 11.9 Å². The zero-order valence-electron chi connectivity index (χ0n) is 11.0. The third kappa shape index (κ3) is 3.32. The molecule has 0 aliphatic carbocycles. The fourth-order valence-electron chi connectivity index (χ4n) is 1.61. The van der Waals surface area contributed by atoms with Gasteiger partial charge in [-0.1, -0.05) is 29.3 Å². The molecule has 0 aliphatic rings. The summed E-state index contributed by atoms with van der Waals surface area (Å²) in [6, 6.07) is 6.08. The van der Waals surface area contributed by atoms with Crippen LogP contribution >= 0.6 is 23.2 Å². The number of halogens is 3. The molecule has 3 nitrogen and oxygen atoms in total. The van der Waals surface area contributed by atoms with Crippen molar-refractivity contribution < 1.29 is 9.13 Å². The lowest BCUT2D eigenvalue weighted by atomic mass is 10.2. The maximum Gasteiger partial charge on any atom is 0.240 e. The van der Waals surface area contributed by atoms with Crippen LogP contribution in [-0.2, 0) is 0 Å². The molecule has 1 heterocycles. The normalized spacial score (nSPS) is 10.4. The van der Waals surface area contributed by atoms with E-state index in [0.717, 1.165) is 5.56 Å². The fourth-order valence-corrected chi connectivity index (χ4v) is 2.07. The molecule has 1 aromatic heterocycles. The second-order valence-electron chi connectivity index (χ2n) is 4.17. The number of rotatable bonds is 4. The fraction of sp³-hybridized carbons (Fsp3) is 0.214. The number of aryl methyl sites for hydroxylation is 1. The second-order valence-corrected chi connectivity index (χ2v) is 4.99. The molecule has 2 rings (SSSR count). The molecule has 0 atom stereocenters. The third-order valence-electron chi connectivity index (χ3n) is 2.53. The predicted molar refractivity (Wildman–Crippen MR) is 79.6 cm³/mol. The van der Waals surface area contributed by atoms with E-state index in [0.29, 0.717) is 17.4 Å². The Morgan fingerprint density at radius 2 is 2.00 bits per heavy atom. The maximum absolute atomic E-state index is 13.7. The number of anilines is 1. The molecule has 2 aromatic rings. The molecule has 0 unspecified atom stereocenters. The second kappa shape index (κ2) is 6.29. The van der Waals surface area contributed by atoms with Crippen LogP contribution in [0, 0.1) is 12.7 Å². The lowest BCUT2D eigenvalue weighted by molar-refractivity contribution is 0.428. The molecule has 106 valence electrons. The van der Waals surface area contributed by atoms with Gasteiger partial charge in [-0.05, 0) is 37.6 Å². The van der Waals surface area contributed by atoms with Crippen LogP contribution in [0.4, 0.5) is 10.2 Å². The Kier molecular flexibility index (Phi) is 4.68. The van der Waals surface area contributed by atoms with Gasteiger partial charge in [0.05, 0.1) is 5.02 Å². The number of pyridine rings is 1. The first kappa shape index (κ1) is 14.9. The Balaban J connectivity index is 2.37. The van der Waals surface area contributed by atoms with Crippen LogP contribution in [0.3, 0.4) is 0 Å². The van der Waals surface area contributed by atoms with E-state index in [1.54, 1.807) is 12.1 Å². The van der Waals surface area contributed by atoms with Gasteiger partial charge < -0.3 is 10.1 Å². The van der Waals surface area contributed by atoms with Crippen molar-refractivity contribution in [2.24, 2.45) is 0 Å². The molecular formula is C14H13Cl2FN2O.